The van der Waals surface area contributed by atoms with Crippen LogP contribution in [0.1, 0.15) is 11.1 Å². The largest absolute Gasteiger partial charge is 0.368 e. The highest BCUT2D eigenvalue weighted by atomic mass is 19.1. The van der Waals surface area contributed by atoms with Gasteiger partial charge < -0.3 is 4.90 Å². The van der Waals surface area contributed by atoms with Crippen molar-refractivity contribution in [1.29, 1.82) is 0 Å². The molecule has 0 N–H and O–H groups in total. The summed E-state index contributed by atoms with van der Waals surface area (Å²) in [6, 6.07) is 6.26. The number of hydrogen-bond acceptors (Lipinski definition) is 1. The van der Waals surface area contributed by atoms with Gasteiger partial charge in [-0.1, -0.05) is 12.1 Å². The molecule has 0 aromatic heterocycles. The Hall–Kier alpha value is -1.05. The molecule has 1 nitrogen and oxygen atoms in total. The number of anilines is 1. The number of fused-ring (bicyclic) bond motifs is 1. The van der Waals surface area contributed by atoms with Gasteiger partial charge in [0.05, 0.1) is 0 Å². The van der Waals surface area contributed by atoms with Gasteiger partial charge in [0.2, 0.25) is 0 Å². The number of hydrogen-bond donors (Lipinski definition) is 0. The molecule has 0 fully saturated rings. The molecule has 0 amide bonds. The average molecular weight is 179 g/mol. The van der Waals surface area contributed by atoms with E-state index in [4.69, 9.17) is 0 Å². The Morgan fingerprint density at radius 3 is 3.08 bits per heavy atom. The lowest BCUT2D eigenvalue weighted by Gasteiger charge is -2.17. The van der Waals surface area contributed by atoms with Crippen LogP contribution in [0.15, 0.2) is 18.2 Å². The molecule has 0 atom stereocenters. The molecule has 1 aliphatic heterocycles. The highest BCUT2D eigenvalue weighted by molar-refractivity contribution is 5.60. The van der Waals surface area contributed by atoms with Gasteiger partial charge in [0.15, 0.2) is 0 Å². The Morgan fingerprint density at radius 1 is 1.46 bits per heavy atom. The minimum atomic E-state index is -0.257. The van der Waals surface area contributed by atoms with Crippen molar-refractivity contribution in [3.05, 3.63) is 29.3 Å². The third kappa shape index (κ3) is 1.41. The number of alkyl halides is 1. The molecule has 0 aliphatic carbocycles. The summed E-state index contributed by atoms with van der Waals surface area (Å²) in [4.78, 5) is 2.13. The fourth-order valence-corrected chi connectivity index (χ4v) is 2.01. The number of aryl methyl sites for hydroxylation is 1. The molecule has 13 heavy (non-hydrogen) atoms. The van der Waals surface area contributed by atoms with Gasteiger partial charge in [-0.3, -0.25) is 0 Å². The predicted molar refractivity (Wildman–Crippen MR) is 53.1 cm³/mol. The first-order valence-corrected chi connectivity index (χ1v) is 4.72. The fourth-order valence-electron chi connectivity index (χ4n) is 2.01. The fraction of sp³-hybridized carbons (Fsp3) is 0.455. The Morgan fingerprint density at radius 2 is 2.31 bits per heavy atom. The second kappa shape index (κ2) is 3.36. The minimum Gasteiger partial charge on any atom is -0.368 e. The first-order valence-electron chi connectivity index (χ1n) is 4.72. The van der Waals surface area contributed by atoms with Gasteiger partial charge in [0, 0.05) is 18.8 Å². The maximum atomic E-state index is 12.2. The van der Waals surface area contributed by atoms with E-state index in [1.807, 2.05) is 6.07 Å². The lowest BCUT2D eigenvalue weighted by molar-refractivity contribution is 0.493. The predicted octanol–water partition coefficient (Wildman–Crippen LogP) is 2.33. The Bertz CT molecular complexity index is 309. The number of rotatable bonds is 2. The van der Waals surface area contributed by atoms with Gasteiger partial charge in [-0.2, -0.15) is 0 Å². The van der Waals surface area contributed by atoms with Gasteiger partial charge >= 0.3 is 0 Å². The van der Waals surface area contributed by atoms with E-state index in [2.05, 4.69) is 24.0 Å². The topological polar surface area (TPSA) is 3.24 Å². The van der Waals surface area contributed by atoms with Crippen LogP contribution in [0.3, 0.4) is 0 Å². The highest BCUT2D eigenvalue weighted by Crippen LogP contribution is 2.29. The van der Waals surface area contributed by atoms with E-state index < -0.39 is 0 Å². The van der Waals surface area contributed by atoms with Crippen molar-refractivity contribution in [2.75, 3.05) is 24.7 Å². The summed E-state index contributed by atoms with van der Waals surface area (Å²) in [5.74, 6) is 0. The summed E-state index contributed by atoms with van der Waals surface area (Å²) < 4.78 is 12.2. The van der Waals surface area contributed by atoms with Crippen molar-refractivity contribution < 1.29 is 4.39 Å². The second-order valence-corrected chi connectivity index (χ2v) is 3.50. The average Bonchev–Trinajstić information content (AvgIpc) is 2.51. The van der Waals surface area contributed by atoms with Crippen LogP contribution in [0.2, 0.25) is 0 Å². The molecule has 1 aliphatic rings. The first-order chi connectivity index (χ1) is 6.33. The van der Waals surface area contributed by atoms with Crippen LogP contribution in [0.5, 0.6) is 0 Å². The van der Waals surface area contributed by atoms with Crippen LogP contribution < -0.4 is 4.90 Å². The summed E-state index contributed by atoms with van der Waals surface area (Å²) in [6.07, 6.45) is 1.07. The number of nitrogens with zero attached hydrogens (tertiary/aromatic N) is 1. The van der Waals surface area contributed by atoms with Crippen LogP contribution in [0.4, 0.5) is 10.1 Å². The molecule has 2 rings (SSSR count). The second-order valence-electron chi connectivity index (χ2n) is 3.50. The van der Waals surface area contributed by atoms with Crippen LogP contribution in [-0.2, 0) is 6.42 Å². The molecule has 1 heterocycles. The monoisotopic (exact) mass is 179 g/mol. The zero-order valence-electron chi connectivity index (χ0n) is 7.89. The van der Waals surface area contributed by atoms with Crippen molar-refractivity contribution >= 4 is 5.69 Å². The van der Waals surface area contributed by atoms with Gasteiger partial charge in [-0.25, -0.2) is 4.39 Å². The van der Waals surface area contributed by atoms with Crippen LogP contribution in [0, 0.1) is 6.92 Å². The van der Waals surface area contributed by atoms with Crippen molar-refractivity contribution in [1.82, 2.24) is 0 Å². The molecular formula is C11H14FN. The molecule has 0 saturated carbocycles. The molecule has 1 aromatic carbocycles. The molecule has 70 valence electrons. The van der Waals surface area contributed by atoms with E-state index in [1.54, 1.807) is 0 Å². The Kier molecular flexibility index (Phi) is 2.21. The van der Waals surface area contributed by atoms with Gasteiger partial charge in [-0.15, -0.1) is 0 Å². The zero-order valence-corrected chi connectivity index (χ0v) is 7.89. The number of halogens is 1. The van der Waals surface area contributed by atoms with Crippen molar-refractivity contribution in [3.8, 4) is 0 Å². The van der Waals surface area contributed by atoms with Crippen molar-refractivity contribution in [3.63, 3.8) is 0 Å². The SMILES string of the molecule is Cc1cccc2c1CCN2CCF. The van der Waals surface area contributed by atoms with E-state index in [1.165, 1.54) is 16.8 Å². The lowest BCUT2D eigenvalue weighted by Crippen LogP contribution is -2.22. The van der Waals surface area contributed by atoms with Crippen LogP contribution >= 0.6 is 0 Å². The van der Waals surface area contributed by atoms with Gasteiger partial charge in [0.1, 0.15) is 6.67 Å². The minimum absolute atomic E-state index is 0.257. The van der Waals surface area contributed by atoms with Crippen molar-refractivity contribution in [2.45, 2.75) is 13.3 Å². The van der Waals surface area contributed by atoms with Crippen molar-refractivity contribution in [2.24, 2.45) is 0 Å². The normalized spacial score (nSPS) is 14.8. The number of benzene rings is 1. The van der Waals surface area contributed by atoms with E-state index in [0.717, 1.165) is 13.0 Å². The molecule has 0 unspecified atom stereocenters. The van der Waals surface area contributed by atoms with Gasteiger partial charge in [0.25, 0.3) is 0 Å². The van der Waals surface area contributed by atoms with E-state index in [9.17, 15) is 4.39 Å². The Labute approximate surface area is 78.2 Å². The Balaban J connectivity index is 2.32. The lowest BCUT2D eigenvalue weighted by atomic mass is 10.1. The third-order valence-corrected chi connectivity index (χ3v) is 2.71. The van der Waals surface area contributed by atoms with E-state index in [0.29, 0.717) is 6.54 Å². The third-order valence-electron chi connectivity index (χ3n) is 2.71. The summed E-state index contributed by atoms with van der Waals surface area (Å²) in [6.45, 7) is 3.38. The molecule has 0 saturated heterocycles. The first kappa shape index (κ1) is 8.54. The summed E-state index contributed by atoms with van der Waals surface area (Å²) >= 11 is 0. The highest BCUT2D eigenvalue weighted by Gasteiger charge is 2.19. The van der Waals surface area contributed by atoms with Crippen LogP contribution in [0.25, 0.3) is 0 Å². The molecule has 1 aromatic rings. The maximum absolute atomic E-state index is 12.2. The zero-order chi connectivity index (χ0) is 9.26. The summed E-state index contributed by atoms with van der Waals surface area (Å²) in [7, 11) is 0. The molecule has 2 heteroatoms. The molecule has 0 radical (unpaired) electrons. The maximum Gasteiger partial charge on any atom is 0.107 e. The summed E-state index contributed by atoms with van der Waals surface area (Å²) in [5, 5.41) is 0. The summed E-state index contributed by atoms with van der Waals surface area (Å²) in [5.41, 5.74) is 3.97. The quantitative estimate of drug-likeness (QED) is 0.673. The molecular weight excluding hydrogens is 165 g/mol. The smallest absolute Gasteiger partial charge is 0.107 e. The van der Waals surface area contributed by atoms with Gasteiger partial charge in [-0.05, 0) is 30.5 Å². The van der Waals surface area contributed by atoms with Crippen LogP contribution in [-0.4, -0.2) is 19.8 Å². The standard InChI is InChI=1S/C11H14FN/c1-9-3-2-4-11-10(9)5-7-13(11)8-6-12/h2-4H,5-8H2,1H3. The molecule has 0 spiro atoms. The van der Waals surface area contributed by atoms with E-state index in [-0.39, 0.29) is 6.67 Å². The molecule has 0 bridgehead atoms. The van der Waals surface area contributed by atoms with E-state index >= 15 is 0 Å².